The van der Waals surface area contributed by atoms with Gasteiger partial charge in [-0.1, -0.05) is 12.1 Å². The summed E-state index contributed by atoms with van der Waals surface area (Å²) in [5.41, 5.74) is 5.46. The molecule has 86 valence electrons. The van der Waals surface area contributed by atoms with Crippen molar-refractivity contribution in [3.8, 4) is 5.75 Å². The fourth-order valence-corrected chi connectivity index (χ4v) is 0.911. The minimum atomic E-state index is -1.18. The van der Waals surface area contributed by atoms with Crippen LogP contribution >= 0.6 is 0 Å². The van der Waals surface area contributed by atoms with Crippen LogP contribution in [-0.2, 0) is 4.79 Å². The lowest BCUT2D eigenvalue weighted by atomic mass is 10.1. The average Bonchev–Trinajstić information content (AvgIpc) is 2.27. The van der Waals surface area contributed by atoms with Crippen molar-refractivity contribution in [2.24, 2.45) is 5.73 Å². The Balaban J connectivity index is 0.000000168. The van der Waals surface area contributed by atoms with Crippen LogP contribution < -0.4 is 10.5 Å². The van der Waals surface area contributed by atoms with Crippen LogP contribution in [0.5, 0.6) is 5.75 Å². The van der Waals surface area contributed by atoms with Crippen LogP contribution in [0.1, 0.15) is 10.4 Å². The number of ether oxygens (including phenoxy) is 1. The lowest BCUT2D eigenvalue weighted by Crippen LogP contribution is -2.33. The molecular formula is C10H11NO5. The number of benzene rings is 1. The molecule has 1 aromatic carbocycles. The van der Waals surface area contributed by atoms with Gasteiger partial charge in [-0.05, 0) is 12.1 Å². The quantitative estimate of drug-likeness (QED) is 0.591. The van der Waals surface area contributed by atoms with E-state index in [1.165, 1.54) is 0 Å². The van der Waals surface area contributed by atoms with Gasteiger partial charge in [0, 0.05) is 0 Å². The number of hydrogen-bond donors (Lipinski definition) is 3. The predicted octanol–water partition coefficient (Wildman–Crippen LogP) is -0.390. The summed E-state index contributed by atoms with van der Waals surface area (Å²) in [5, 5.41) is 15.9. The van der Waals surface area contributed by atoms with E-state index in [2.05, 4.69) is 4.74 Å². The summed E-state index contributed by atoms with van der Waals surface area (Å²) in [6.45, 7) is -0.505. The summed E-state index contributed by atoms with van der Waals surface area (Å²) in [5.74, 6) is -0.699. The summed E-state index contributed by atoms with van der Waals surface area (Å²) < 4.78 is 4.65. The van der Waals surface area contributed by atoms with Crippen LogP contribution in [0.4, 0.5) is 0 Å². The highest BCUT2D eigenvalue weighted by molar-refractivity contribution is 6.00. The Morgan fingerprint density at radius 2 is 2.06 bits per heavy atom. The molecule has 1 aliphatic heterocycles. The summed E-state index contributed by atoms with van der Waals surface area (Å²) in [4.78, 5) is 20.1. The van der Waals surface area contributed by atoms with E-state index in [-0.39, 0.29) is 5.97 Å². The predicted molar refractivity (Wildman–Crippen MR) is 54.1 cm³/mol. The SMILES string of the molecule is NC(CO)C(=O)O.O=C1Oc2ccccc21. The monoisotopic (exact) mass is 225 g/mol. The van der Waals surface area contributed by atoms with Crippen LogP contribution in [0, 0.1) is 0 Å². The van der Waals surface area contributed by atoms with Crippen molar-refractivity contribution in [1.29, 1.82) is 0 Å². The molecule has 1 atom stereocenters. The highest BCUT2D eigenvalue weighted by Gasteiger charge is 2.23. The Labute approximate surface area is 91.3 Å². The van der Waals surface area contributed by atoms with Gasteiger partial charge in [0.05, 0.1) is 6.61 Å². The molecule has 0 aromatic heterocycles. The second kappa shape index (κ2) is 5.24. The van der Waals surface area contributed by atoms with Gasteiger partial charge in [-0.3, -0.25) is 4.79 Å². The molecule has 16 heavy (non-hydrogen) atoms. The smallest absolute Gasteiger partial charge is 0.347 e. The number of para-hydroxylation sites is 1. The van der Waals surface area contributed by atoms with Crippen LogP contribution in [0.25, 0.3) is 0 Å². The number of carboxylic acid groups (broad SMARTS) is 1. The molecule has 1 heterocycles. The van der Waals surface area contributed by atoms with Gasteiger partial charge in [0.25, 0.3) is 0 Å². The summed E-state index contributed by atoms with van der Waals surface area (Å²) >= 11 is 0. The van der Waals surface area contributed by atoms with Crippen molar-refractivity contribution in [2.75, 3.05) is 6.61 Å². The number of aliphatic hydroxyl groups is 1. The Morgan fingerprint density at radius 1 is 1.44 bits per heavy atom. The van der Waals surface area contributed by atoms with Crippen LogP contribution in [0.2, 0.25) is 0 Å². The van der Waals surface area contributed by atoms with Gasteiger partial charge in [0.1, 0.15) is 17.4 Å². The third-order valence-corrected chi connectivity index (χ3v) is 1.82. The van der Waals surface area contributed by atoms with Gasteiger partial charge < -0.3 is 20.7 Å². The van der Waals surface area contributed by atoms with E-state index in [0.29, 0.717) is 11.3 Å². The molecule has 0 saturated carbocycles. The summed E-state index contributed by atoms with van der Waals surface area (Å²) in [6.07, 6.45) is 0. The molecule has 2 rings (SSSR count). The second-order valence-corrected chi connectivity index (χ2v) is 3.01. The molecule has 0 amide bonds. The highest BCUT2D eigenvalue weighted by atomic mass is 16.6. The minimum absolute atomic E-state index is 0.217. The van der Waals surface area contributed by atoms with E-state index >= 15 is 0 Å². The molecule has 1 aliphatic rings. The molecule has 6 heteroatoms. The van der Waals surface area contributed by atoms with Crippen molar-refractivity contribution in [2.45, 2.75) is 6.04 Å². The first-order valence-electron chi connectivity index (χ1n) is 4.46. The van der Waals surface area contributed by atoms with E-state index in [4.69, 9.17) is 15.9 Å². The van der Waals surface area contributed by atoms with Crippen molar-refractivity contribution in [3.63, 3.8) is 0 Å². The van der Waals surface area contributed by atoms with E-state index in [9.17, 15) is 9.59 Å². The third kappa shape index (κ3) is 2.78. The van der Waals surface area contributed by atoms with Gasteiger partial charge in [-0.15, -0.1) is 0 Å². The zero-order chi connectivity index (χ0) is 12.1. The van der Waals surface area contributed by atoms with Crippen molar-refractivity contribution in [1.82, 2.24) is 0 Å². The fraction of sp³-hybridized carbons (Fsp3) is 0.200. The topological polar surface area (TPSA) is 110 Å². The Kier molecular flexibility index (Phi) is 3.98. The fourth-order valence-electron chi connectivity index (χ4n) is 0.911. The number of carbonyl (C=O) groups excluding carboxylic acids is 1. The molecule has 0 bridgehead atoms. The maximum Gasteiger partial charge on any atom is 0.347 e. The van der Waals surface area contributed by atoms with E-state index in [1.807, 2.05) is 12.1 Å². The second-order valence-electron chi connectivity index (χ2n) is 3.01. The Morgan fingerprint density at radius 3 is 2.38 bits per heavy atom. The van der Waals surface area contributed by atoms with Crippen LogP contribution in [0.15, 0.2) is 24.3 Å². The number of aliphatic carboxylic acids is 1. The molecular weight excluding hydrogens is 214 g/mol. The maximum atomic E-state index is 10.5. The number of aliphatic hydroxyl groups excluding tert-OH is 1. The summed E-state index contributed by atoms with van der Waals surface area (Å²) in [7, 11) is 0. The first kappa shape index (κ1) is 12.2. The standard InChI is InChI=1S/C7H4O2.C3H7NO3/c8-7-5-3-1-2-4-6(5)9-7;4-2(1-5)3(6)7/h1-4H;2,5H,1,4H2,(H,6,7). The minimum Gasteiger partial charge on any atom is -0.480 e. The number of rotatable bonds is 2. The van der Waals surface area contributed by atoms with Crippen molar-refractivity contribution in [3.05, 3.63) is 29.8 Å². The van der Waals surface area contributed by atoms with Gasteiger partial charge in [-0.2, -0.15) is 0 Å². The normalized spacial score (nSPS) is 13.5. The summed E-state index contributed by atoms with van der Waals surface area (Å²) in [6, 6.07) is 6.06. The van der Waals surface area contributed by atoms with Gasteiger partial charge in [0.15, 0.2) is 0 Å². The largest absolute Gasteiger partial charge is 0.480 e. The molecule has 0 saturated heterocycles. The number of carbonyl (C=O) groups is 2. The highest BCUT2D eigenvalue weighted by Crippen LogP contribution is 2.27. The average molecular weight is 225 g/mol. The molecule has 4 N–H and O–H groups in total. The lowest BCUT2D eigenvalue weighted by molar-refractivity contribution is -0.139. The lowest BCUT2D eigenvalue weighted by Gasteiger charge is -2.15. The van der Waals surface area contributed by atoms with Gasteiger partial charge >= 0.3 is 11.9 Å². The number of fused-ring (bicyclic) bond motifs is 1. The maximum absolute atomic E-state index is 10.5. The van der Waals surface area contributed by atoms with Gasteiger partial charge in [0.2, 0.25) is 0 Å². The van der Waals surface area contributed by atoms with E-state index < -0.39 is 18.6 Å². The zero-order valence-corrected chi connectivity index (χ0v) is 8.29. The molecule has 0 aliphatic carbocycles. The number of carboxylic acids is 1. The molecule has 1 aromatic rings. The Hall–Kier alpha value is -1.92. The first-order chi connectivity index (χ1) is 7.56. The zero-order valence-electron chi connectivity index (χ0n) is 8.29. The van der Waals surface area contributed by atoms with Gasteiger partial charge in [-0.25, -0.2) is 4.79 Å². The Bertz CT molecular complexity index is 404. The van der Waals surface area contributed by atoms with Crippen molar-refractivity contribution >= 4 is 11.9 Å². The van der Waals surface area contributed by atoms with Crippen molar-refractivity contribution < 1.29 is 24.5 Å². The van der Waals surface area contributed by atoms with E-state index in [1.54, 1.807) is 12.1 Å². The number of nitrogens with two attached hydrogens (primary N) is 1. The van der Waals surface area contributed by atoms with Crippen LogP contribution in [-0.4, -0.2) is 34.8 Å². The molecule has 0 radical (unpaired) electrons. The molecule has 0 fully saturated rings. The molecule has 0 spiro atoms. The number of esters is 1. The van der Waals surface area contributed by atoms with E-state index in [0.717, 1.165) is 0 Å². The van der Waals surface area contributed by atoms with Crippen LogP contribution in [0.3, 0.4) is 0 Å². The first-order valence-corrected chi connectivity index (χ1v) is 4.46. The molecule has 1 unspecified atom stereocenters. The molecule has 6 nitrogen and oxygen atoms in total. The number of hydrogen-bond acceptors (Lipinski definition) is 5. The third-order valence-electron chi connectivity index (χ3n) is 1.82.